The summed E-state index contributed by atoms with van der Waals surface area (Å²) in [5.74, 6) is -0.690. The highest BCUT2D eigenvalue weighted by atomic mass is 16.6. The van der Waals surface area contributed by atoms with Gasteiger partial charge in [0.1, 0.15) is 4.92 Å². The van der Waals surface area contributed by atoms with Gasteiger partial charge in [-0.25, -0.2) is 0 Å². The number of benzene rings is 1. The van der Waals surface area contributed by atoms with Gasteiger partial charge in [-0.15, -0.1) is 0 Å². The lowest BCUT2D eigenvalue weighted by Gasteiger charge is -2.33. The van der Waals surface area contributed by atoms with Crippen molar-refractivity contribution in [1.29, 1.82) is 0 Å². The second kappa shape index (κ2) is 7.76. The maximum absolute atomic E-state index is 12.3. The SMILES string of the molecule is O=C(c1ccc([N+](=O)[O-])o1)N1CCN(CC=Cc2ccccc2)CC1. The van der Waals surface area contributed by atoms with Crippen LogP contribution in [0.2, 0.25) is 0 Å². The Kier molecular flexibility index (Phi) is 5.25. The molecule has 25 heavy (non-hydrogen) atoms. The third-order valence-corrected chi connectivity index (χ3v) is 4.12. The maximum atomic E-state index is 12.3. The van der Waals surface area contributed by atoms with Crippen molar-refractivity contribution in [3.05, 3.63) is 70.0 Å². The van der Waals surface area contributed by atoms with Crippen molar-refractivity contribution < 1.29 is 14.1 Å². The van der Waals surface area contributed by atoms with E-state index >= 15 is 0 Å². The van der Waals surface area contributed by atoms with Crippen molar-refractivity contribution in [2.24, 2.45) is 0 Å². The highest BCUT2D eigenvalue weighted by Crippen LogP contribution is 2.18. The average Bonchev–Trinajstić information content (AvgIpc) is 3.13. The first-order chi connectivity index (χ1) is 12.1. The number of amides is 1. The Morgan fingerprint density at radius 1 is 1.12 bits per heavy atom. The van der Waals surface area contributed by atoms with Crippen molar-refractivity contribution in [2.45, 2.75) is 0 Å². The lowest BCUT2D eigenvalue weighted by molar-refractivity contribution is -0.402. The molecule has 1 aliphatic heterocycles. The molecular formula is C18H19N3O4. The van der Waals surface area contributed by atoms with E-state index in [-0.39, 0.29) is 11.7 Å². The van der Waals surface area contributed by atoms with Crippen molar-refractivity contribution in [3.8, 4) is 0 Å². The number of piperazine rings is 1. The van der Waals surface area contributed by atoms with Gasteiger partial charge < -0.3 is 9.32 Å². The zero-order valence-corrected chi connectivity index (χ0v) is 13.7. The molecule has 1 aliphatic rings. The van der Waals surface area contributed by atoms with Gasteiger partial charge in [-0.05, 0) is 11.6 Å². The molecule has 130 valence electrons. The van der Waals surface area contributed by atoms with E-state index in [0.29, 0.717) is 13.1 Å². The van der Waals surface area contributed by atoms with Crippen molar-refractivity contribution >= 4 is 17.9 Å². The van der Waals surface area contributed by atoms with E-state index in [1.54, 1.807) is 4.90 Å². The minimum Gasteiger partial charge on any atom is -0.395 e. The Balaban J connectivity index is 1.48. The molecule has 1 fully saturated rings. The molecule has 1 amide bonds. The first kappa shape index (κ1) is 16.9. The van der Waals surface area contributed by atoms with Gasteiger partial charge in [0.2, 0.25) is 0 Å². The monoisotopic (exact) mass is 341 g/mol. The van der Waals surface area contributed by atoms with Crippen LogP contribution in [0.4, 0.5) is 5.88 Å². The second-order valence-corrected chi connectivity index (χ2v) is 5.80. The van der Waals surface area contributed by atoms with Crippen LogP contribution >= 0.6 is 0 Å². The lowest BCUT2D eigenvalue weighted by atomic mass is 10.2. The molecule has 7 nitrogen and oxygen atoms in total. The fraction of sp³-hybridized carbons (Fsp3) is 0.278. The summed E-state index contributed by atoms with van der Waals surface area (Å²) in [5, 5.41) is 10.6. The molecule has 0 spiro atoms. The van der Waals surface area contributed by atoms with Crippen LogP contribution in [0.5, 0.6) is 0 Å². The van der Waals surface area contributed by atoms with E-state index in [1.807, 2.05) is 18.2 Å². The number of nitro groups is 1. The number of furan rings is 1. The van der Waals surface area contributed by atoms with Gasteiger partial charge in [0.15, 0.2) is 5.76 Å². The summed E-state index contributed by atoms with van der Waals surface area (Å²) in [6.07, 6.45) is 4.20. The minimum atomic E-state index is -0.645. The number of rotatable bonds is 5. The molecule has 7 heteroatoms. The van der Waals surface area contributed by atoms with E-state index in [2.05, 4.69) is 29.2 Å². The zero-order valence-electron chi connectivity index (χ0n) is 13.7. The van der Waals surface area contributed by atoms with Gasteiger partial charge in [0, 0.05) is 32.7 Å². The van der Waals surface area contributed by atoms with E-state index in [4.69, 9.17) is 4.42 Å². The molecule has 1 aromatic carbocycles. The summed E-state index contributed by atoms with van der Waals surface area (Å²) in [6.45, 7) is 3.49. The fourth-order valence-corrected chi connectivity index (χ4v) is 2.73. The molecule has 2 aromatic rings. The van der Waals surface area contributed by atoms with Crippen LogP contribution in [0, 0.1) is 10.1 Å². The highest BCUT2D eigenvalue weighted by molar-refractivity contribution is 5.91. The molecule has 0 N–H and O–H groups in total. The molecule has 2 heterocycles. The van der Waals surface area contributed by atoms with E-state index in [9.17, 15) is 14.9 Å². The van der Waals surface area contributed by atoms with Gasteiger partial charge in [-0.3, -0.25) is 19.8 Å². The Bertz CT molecular complexity index is 762. The molecule has 3 rings (SSSR count). The summed E-state index contributed by atoms with van der Waals surface area (Å²) < 4.78 is 4.99. The van der Waals surface area contributed by atoms with Crippen LogP contribution in [0.25, 0.3) is 6.08 Å². The summed E-state index contributed by atoms with van der Waals surface area (Å²) in [4.78, 5) is 26.2. The van der Waals surface area contributed by atoms with Crippen LogP contribution in [-0.4, -0.2) is 53.4 Å². The van der Waals surface area contributed by atoms with Crippen LogP contribution in [0.15, 0.2) is 53.0 Å². The Morgan fingerprint density at radius 2 is 1.84 bits per heavy atom. The largest absolute Gasteiger partial charge is 0.433 e. The van der Waals surface area contributed by atoms with Crippen molar-refractivity contribution in [3.63, 3.8) is 0 Å². The molecular weight excluding hydrogens is 322 g/mol. The van der Waals surface area contributed by atoms with Crippen LogP contribution in [0.3, 0.4) is 0 Å². The van der Waals surface area contributed by atoms with Gasteiger partial charge in [-0.1, -0.05) is 42.5 Å². The lowest BCUT2D eigenvalue weighted by Crippen LogP contribution is -2.48. The molecule has 1 aromatic heterocycles. The highest BCUT2D eigenvalue weighted by Gasteiger charge is 2.25. The van der Waals surface area contributed by atoms with E-state index in [0.717, 1.165) is 25.2 Å². The molecule has 0 atom stereocenters. The van der Waals surface area contributed by atoms with Crippen molar-refractivity contribution in [1.82, 2.24) is 9.80 Å². The molecule has 1 saturated heterocycles. The first-order valence-electron chi connectivity index (χ1n) is 8.11. The zero-order chi connectivity index (χ0) is 17.6. The summed E-state index contributed by atoms with van der Waals surface area (Å²) in [6, 6.07) is 12.7. The van der Waals surface area contributed by atoms with Gasteiger partial charge in [0.25, 0.3) is 5.91 Å². The molecule has 0 bridgehead atoms. The van der Waals surface area contributed by atoms with E-state index < -0.39 is 10.8 Å². The quantitative estimate of drug-likeness (QED) is 0.617. The van der Waals surface area contributed by atoms with E-state index in [1.165, 1.54) is 12.1 Å². The topological polar surface area (TPSA) is 79.8 Å². The molecule has 0 saturated carbocycles. The van der Waals surface area contributed by atoms with Gasteiger partial charge in [0.05, 0.1) is 6.07 Å². The van der Waals surface area contributed by atoms with Gasteiger partial charge in [-0.2, -0.15) is 0 Å². The average molecular weight is 341 g/mol. The first-order valence-corrected chi connectivity index (χ1v) is 8.11. The summed E-state index contributed by atoms with van der Waals surface area (Å²) in [5.41, 5.74) is 1.16. The minimum absolute atomic E-state index is 0.0177. The summed E-state index contributed by atoms with van der Waals surface area (Å²) in [7, 11) is 0. The third-order valence-electron chi connectivity index (χ3n) is 4.12. The number of hydrogen-bond acceptors (Lipinski definition) is 5. The molecule has 0 unspecified atom stereocenters. The predicted octanol–water partition coefficient (Wildman–Crippen LogP) is 2.66. The normalized spacial score (nSPS) is 15.6. The van der Waals surface area contributed by atoms with Crippen LogP contribution in [-0.2, 0) is 0 Å². The number of carbonyl (C=O) groups is 1. The second-order valence-electron chi connectivity index (χ2n) is 5.80. The summed E-state index contributed by atoms with van der Waals surface area (Å²) >= 11 is 0. The van der Waals surface area contributed by atoms with Crippen LogP contribution in [0.1, 0.15) is 16.1 Å². The maximum Gasteiger partial charge on any atom is 0.433 e. The standard InChI is InChI=1S/C18H19N3O4/c22-18(16-8-9-17(25-16)21(23)24)20-13-11-19(12-14-20)10-4-7-15-5-2-1-3-6-15/h1-9H,10-14H2. The smallest absolute Gasteiger partial charge is 0.395 e. The Labute approximate surface area is 145 Å². The number of nitrogens with zero attached hydrogens (tertiary/aromatic N) is 3. The fourth-order valence-electron chi connectivity index (χ4n) is 2.73. The number of carbonyl (C=O) groups excluding carboxylic acids is 1. The predicted molar refractivity (Wildman–Crippen MR) is 93.2 cm³/mol. The third kappa shape index (κ3) is 4.33. The molecule has 0 aliphatic carbocycles. The Hall–Kier alpha value is -2.93. The number of hydrogen-bond donors (Lipinski definition) is 0. The van der Waals surface area contributed by atoms with Crippen LogP contribution < -0.4 is 0 Å². The van der Waals surface area contributed by atoms with Gasteiger partial charge >= 0.3 is 5.88 Å². The van der Waals surface area contributed by atoms with Crippen molar-refractivity contribution in [2.75, 3.05) is 32.7 Å². The molecule has 0 radical (unpaired) electrons. The Morgan fingerprint density at radius 3 is 2.48 bits per heavy atom.